The second-order valence-corrected chi connectivity index (χ2v) is 4.74. The van der Waals surface area contributed by atoms with Crippen LogP contribution < -0.4 is 16.4 Å². The summed E-state index contributed by atoms with van der Waals surface area (Å²) in [5.74, 6) is -2.83. The number of hydrogen-bond donors (Lipinski definition) is 4. The SMILES string of the molecule is COC(=O)CC[C@@H](NC(=O)C(NC(N)=O)C(C)C)C(=O)O. The number of carbonyl (C=O) groups excluding carboxylic acids is 3. The number of nitrogens with one attached hydrogen (secondary N) is 2. The predicted molar refractivity (Wildman–Crippen MR) is 72.2 cm³/mol. The topological polar surface area (TPSA) is 148 Å². The van der Waals surface area contributed by atoms with E-state index in [2.05, 4.69) is 15.4 Å². The third kappa shape index (κ3) is 7.14. The molecule has 0 aromatic carbocycles. The van der Waals surface area contributed by atoms with Gasteiger partial charge in [-0.15, -0.1) is 0 Å². The van der Waals surface area contributed by atoms with Gasteiger partial charge in [-0.1, -0.05) is 13.8 Å². The average molecular weight is 303 g/mol. The molecular formula is C12H21N3O6. The van der Waals surface area contributed by atoms with E-state index in [4.69, 9.17) is 10.8 Å². The highest BCUT2D eigenvalue weighted by Crippen LogP contribution is 2.05. The van der Waals surface area contributed by atoms with Crippen molar-refractivity contribution < 1.29 is 29.0 Å². The van der Waals surface area contributed by atoms with Gasteiger partial charge in [-0.3, -0.25) is 9.59 Å². The predicted octanol–water partition coefficient (Wildman–Crippen LogP) is -0.798. The summed E-state index contributed by atoms with van der Waals surface area (Å²) in [7, 11) is 1.18. The minimum atomic E-state index is -1.28. The molecule has 0 spiro atoms. The number of amides is 3. The first-order valence-corrected chi connectivity index (χ1v) is 6.35. The van der Waals surface area contributed by atoms with Crippen LogP contribution in [0.15, 0.2) is 0 Å². The molecule has 0 aromatic heterocycles. The van der Waals surface area contributed by atoms with Gasteiger partial charge in [0, 0.05) is 6.42 Å². The number of rotatable bonds is 8. The molecule has 0 saturated carbocycles. The molecular weight excluding hydrogens is 282 g/mol. The van der Waals surface area contributed by atoms with Crippen molar-refractivity contribution in [3.05, 3.63) is 0 Å². The molecule has 120 valence electrons. The van der Waals surface area contributed by atoms with Crippen LogP contribution in [0.2, 0.25) is 0 Å². The van der Waals surface area contributed by atoms with Crippen LogP contribution in [0.1, 0.15) is 26.7 Å². The smallest absolute Gasteiger partial charge is 0.326 e. The van der Waals surface area contributed by atoms with Crippen molar-refractivity contribution in [2.75, 3.05) is 7.11 Å². The Labute approximate surface area is 122 Å². The third-order valence-corrected chi connectivity index (χ3v) is 2.73. The molecule has 0 saturated heterocycles. The summed E-state index contributed by atoms with van der Waals surface area (Å²) in [5.41, 5.74) is 4.97. The highest BCUT2D eigenvalue weighted by atomic mass is 16.5. The fourth-order valence-corrected chi connectivity index (χ4v) is 1.57. The Hall–Kier alpha value is -2.32. The average Bonchev–Trinajstić information content (AvgIpc) is 2.38. The molecule has 2 atom stereocenters. The van der Waals surface area contributed by atoms with E-state index < -0.39 is 36.0 Å². The monoisotopic (exact) mass is 303 g/mol. The number of carbonyl (C=O) groups is 4. The van der Waals surface area contributed by atoms with Crippen molar-refractivity contribution in [2.45, 2.75) is 38.8 Å². The Balaban J connectivity index is 4.74. The highest BCUT2D eigenvalue weighted by molar-refractivity contribution is 5.90. The van der Waals surface area contributed by atoms with Crippen LogP contribution in [0.5, 0.6) is 0 Å². The van der Waals surface area contributed by atoms with E-state index in [1.807, 2.05) is 0 Å². The van der Waals surface area contributed by atoms with Crippen molar-refractivity contribution in [1.29, 1.82) is 0 Å². The number of hydrogen-bond acceptors (Lipinski definition) is 5. The van der Waals surface area contributed by atoms with Crippen LogP contribution in [-0.2, 0) is 19.1 Å². The molecule has 0 fully saturated rings. The fraction of sp³-hybridized carbons (Fsp3) is 0.667. The lowest BCUT2D eigenvalue weighted by molar-refractivity contribution is -0.144. The Morgan fingerprint density at radius 1 is 1.19 bits per heavy atom. The summed E-state index contributed by atoms with van der Waals surface area (Å²) in [4.78, 5) is 44.9. The number of ether oxygens (including phenoxy) is 1. The van der Waals surface area contributed by atoms with E-state index in [0.717, 1.165) is 0 Å². The third-order valence-electron chi connectivity index (χ3n) is 2.73. The molecule has 0 radical (unpaired) electrons. The summed E-state index contributed by atoms with van der Waals surface area (Å²) in [5, 5.41) is 13.5. The van der Waals surface area contributed by atoms with Gasteiger partial charge in [0.2, 0.25) is 5.91 Å². The Morgan fingerprint density at radius 3 is 2.14 bits per heavy atom. The number of esters is 1. The maximum atomic E-state index is 12.0. The zero-order chi connectivity index (χ0) is 16.6. The summed E-state index contributed by atoms with van der Waals surface area (Å²) >= 11 is 0. The lowest BCUT2D eigenvalue weighted by Crippen LogP contribution is -2.54. The van der Waals surface area contributed by atoms with Gasteiger partial charge in [0.25, 0.3) is 0 Å². The second kappa shape index (κ2) is 8.77. The summed E-state index contributed by atoms with van der Waals surface area (Å²) in [6, 6.07) is -3.10. The molecule has 5 N–H and O–H groups in total. The van der Waals surface area contributed by atoms with Gasteiger partial charge in [0.1, 0.15) is 12.1 Å². The van der Waals surface area contributed by atoms with Crippen LogP contribution in [0, 0.1) is 5.92 Å². The number of carboxylic acid groups (broad SMARTS) is 1. The summed E-state index contributed by atoms with van der Waals surface area (Å²) in [6.45, 7) is 3.34. The molecule has 0 heterocycles. The number of primary amides is 1. The normalized spacial score (nSPS) is 13.1. The molecule has 0 aliphatic carbocycles. The summed E-state index contributed by atoms with van der Waals surface area (Å²) in [6.07, 6.45) is -0.265. The van der Waals surface area contributed by atoms with Gasteiger partial charge in [-0.25, -0.2) is 9.59 Å². The first kappa shape index (κ1) is 18.7. The maximum absolute atomic E-state index is 12.0. The highest BCUT2D eigenvalue weighted by Gasteiger charge is 2.28. The molecule has 3 amide bonds. The van der Waals surface area contributed by atoms with E-state index >= 15 is 0 Å². The molecule has 9 nitrogen and oxygen atoms in total. The maximum Gasteiger partial charge on any atom is 0.326 e. The molecule has 0 aromatic rings. The molecule has 0 rings (SSSR count). The van der Waals surface area contributed by atoms with Crippen LogP contribution >= 0.6 is 0 Å². The van der Waals surface area contributed by atoms with Gasteiger partial charge >= 0.3 is 18.0 Å². The Bertz CT molecular complexity index is 410. The van der Waals surface area contributed by atoms with Crippen LogP contribution in [0.4, 0.5) is 4.79 Å². The number of nitrogens with two attached hydrogens (primary N) is 1. The lowest BCUT2D eigenvalue weighted by atomic mass is 10.0. The van der Waals surface area contributed by atoms with Gasteiger partial charge < -0.3 is 26.2 Å². The van der Waals surface area contributed by atoms with Crippen LogP contribution in [0.3, 0.4) is 0 Å². The first-order chi connectivity index (χ1) is 9.68. The van der Waals surface area contributed by atoms with Crippen molar-refractivity contribution in [3.63, 3.8) is 0 Å². The largest absolute Gasteiger partial charge is 0.480 e. The van der Waals surface area contributed by atoms with Crippen LogP contribution in [-0.4, -0.2) is 48.2 Å². The van der Waals surface area contributed by atoms with E-state index in [1.165, 1.54) is 7.11 Å². The number of urea groups is 1. The molecule has 1 unspecified atom stereocenters. The molecule has 9 heteroatoms. The Morgan fingerprint density at radius 2 is 1.76 bits per heavy atom. The quantitative estimate of drug-likeness (QED) is 0.431. The second-order valence-electron chi connectivity index (χ2n) is 4.74. The standard InChI is InChI=1S/C12H21N3O6/c1-6(2)9(15-12(13)20)10(17)14-7(11(18)19)4-5-8(16)21-3/h6-7,9H,4-5H2,1-3H3,(H,14,17)(H,18,19)(H3,13,15,20)/t7-,9?/m1/s1. The van der Waals surface area contributed by atoms with E-state index in [1.54, 1.807) is 13.8 Å². The molecule has 0 aliphatic rings. The van der Waals surface area contributed by atoms with Gasteiger partial charge in [0.05, 0.1) is 7.11 Å². The number of aliphatic carboxylic acids is 1. The summed E-state index contributed by atoms with van der Waals surface area (Å²) < 4.78 is 4.41. The minimum Gasteiger partial charge on any atom is -0.480 e. The Kier molecular flexibility index (Phi) is 7.80. The van der Waals surface area contributed by atoms with Gasteiger partial charge in [0.15, 0.2) is 0 Å². The van der Waals surface area contributed by atoms with Gasteiger partial charge in [-0.2, -0.15) is 0 Å². The molecule has 21 heavy (non-hydrogen) atoms. The zero-order valence-corrected chi connectivity index (χ0v) is 12.2. The first-order valence-electron chi connectivity index (χ1n) is 6.35. The number of carboxylic acids is 1. The van der Waals surface area contributed by atoms with E-state index in [-0.39, 0.29) is 18.8 Å². The van der Waals surface area contributed by atoms with E-state index in [0.29, 0.717) is 0 Å². The van der Waals surface area contributed by atoms with Crippen molar-refractivity contribution in [3.8, 4) is 0 Å². The zero-order valence-electron chi connectivity index (χ0n) is 12.2. The molecule has 0 bridgehead atoms. The van der Waals surface area contributed by atoms with E-state index in [9.17, 15) is 19.2 Å². The number of methoxy groups -OCH3 is 1. The van der Waals surface area contributed by atoms with Gasteiger partial charge in [-0.05, 0) is 12.3 Å². The minimum absolute atomic E-state index is 0.116. The molecule has 0 aliphatic heterocycles. The fourth-order valence-electron chi connectivity index (χ4n) is 1.57. The lowest BCUT2D eigenvalue weighted by Gasteiger charge is -2.23. The van der Waals surface area contributed by atoms with Crippen molar-refractivity contribution in [2.24, 2.45) is 11.7 Å². The van der Waals surface area contributed by atoms with Crippen molar-refractivity contribution in [1.82, 2.24) is 10.6 Å². The van der Waals surface area contributed by atoms with Crippen LogP contribution in [0.25, 0.3) is 0 Å². The van der Waals surface area contributed by atoms with Crippen molar-refractivity contribution >= 4 is 23.9 Å².